The average Bonchev–Trinajstić information content (AvgIpc) is 2.16. The summed E-state index contributed by atoms with van der Waals surface area (Å²) >= 11 is 0. The Hall–Kier alpha value is -0.410. The van der Waals surface area contributed by atoms with Gasteiger partial charge >= 0.3 is 0 Å². The molecule has 2 unspecified atom stereocenters. The number of ether oxygens (including phenoxy) is 2. The molecule has 3 fully saturated rings. The van der Waals surface area contributed by atoms with Gasteiger partial charge in [0.25, 0.3) is 0 Å². The van der Waals surface area contributed by atoms with Gasteiger partial charge < -0.3 is 9.47 Å². The minimum Gasteiger partial charge on any atom is -0.373 e. The standard InChI is InChI=1S/C11H16O3/c1-11-4-2-3-7(12)8(11)9-10(11)14-6-5-13-9/h8-10H,2-6H2,1H3/t8?,9-,10+,11?/m0/s1. The quantitative estimate of drug-likeness (QED) is 0.583. The van der Waals surface area contributed by atoms with Gasteiger partial charge in [0, 0.05) is 11.8 Å². The summed E-state index contributed by atoms with van der Waals surface area (Å²) < 4.78 is 11.4. The molecule has 0 N–H and O–H groups in total. The van der Waals surface area contributed by atoms with Crippen LogP contribution in [-0.4, -0.2) is 31.2 Å². The Balaban J connectivity index is 1.88. The van der Waals surface area contributed by atoms with Crippen molar-refractivity contribution < 1.29 is 14.3 Å². The summed E-state index contributed by atoms with van der Waals surface area (Å²) in [6.07, 6.45) is 3.14. The molecule has 78 valence electrons. The molecule has 0 spiro atoms. The third-order valence-electron chi connectivity index (χ3n) is 4.16. The Kier molecular flexibility index (Phi) is 1.77. The monoisotopic (exact) mass is 196 g/mol. The summed E-state index contributed by atoms with van der Waals surface area (Å²) in [5.41, 5.74) is 0.0837. The second kappa shape index (κ2) is 2.80. The van der Waals surface area contributed by atoms with Crippen LogP contribution in [0.15, 0.2) is 0 Å². The normalized spacial score (nSPS) is 51.8. The molecule has 0 bridgehead atoms. The predicted octanol–water partition coefficient (Wildman–Crippen LogP) is 1.16. The lowest BCUT2D eigenvalue weighted by Gasteiger charge is -2.61. The Morgan fingerprint density at radius 1 is 1.36 bits per heavy atom. The van der Waals surface area contributed by atoms with Crippen molar-refractivity contribution in [3.8, 4) is 0 Å². The van der Waals surface area contributed by atoms with E-state index in [0.29, 0.717) is 19.0 Å². The van der Waals surface area contributed by atoms with Crippen LogP contribution in [0.1, 0.15) is 26.2 Å². The molecule has 0 aromatic carbocycles. The van der Waals surface area contributed by atoms with Gasteiger partial charge in [-0.05, 0) is 12.8 Å². The van der Waals surface area contributed by atoms with Crippen LogP contribution >= 0.6 is 0 Å². The molecule has 0 radical (unpaired) electrons. The highest BCUT2D eigenvalue weighted by molar-refractivity contribution is 5.85. The molecule has 3 aliphatic rings. The highest BCUT2D eigenvalue weighted by Crippen LogP contribution is 2.57. The lowest BCUT2D eigenvalue weighted by Crippen LogP contribution is -2.70. The summed E-state index contributed by atoms with van der Waals surface area (Å²) in [5, 5.41) is 0. The Morgan fingerprint density at radius 3 is 3.00 bits per heavy atom. The van der Waals surface area contributed by atoms with Gasteiger partial charge in [-0.2, -0.15) is 0 Å². The molecule has 3 heteroatoms. The summed E-state index contributed by atoms with van der Waals surface area (Å²) in [6.45, 7) is 3.53. The lowest BCUT2D eigenvalue weighted by atomic mass is 9.50. The van der Waals surface area contributed by atoms with Crippen molar-refractivity contribution in [1.29, 1.82) is 0 Å². The van der Waals surface area contributed by atoms with E-state index in [0.717, 1.165) is 19.3 Å². The number of hydrogen-bond donors (Lipinski definition) is 0. The second-order valence-electron chi connectivity index (χ2n) is 4.93. The SMILES string of the molecule is CC12CCCC(=O)C1[C@@H]1OCCO[C@H]12. The summed E-state index contributed by atoms with van der Waals surface area (Å²) in [7, 11) is 0. The molecule has 1 heterocycles. The van der Waals surface area contributed by atoms with E-state index >= 15 is 0 Å². The molecular weight excluding hydrogens is 180 g/mol. The van der Waals surface area contributed by atoms with Crippen molar-refractivity contribution >= 4 is 5.78 Å². The van der Waals surface area contributed by atoms with Crippen molar-refractivity contribution in [2.75, 3.05) is 13.2 Å². The first-order valence-electron chi connectivity index (χ1n) is 5.49. The molecule has 14 heavy (non-hydrogen) atoms. The fourth-order valence-electron chi connectivity index (χ4n) is 3.46. The van der Waals surface area contributed by atoms with Gasteiger partial charge in [-0.3, -0.25) is 4.79 Å². The third-order valence-corrected chi connectivity index (χ3v) is 4.16. The first-order valence-corrected chi connectivity index (χ1v) is 5.49. The molecule has 0 amide bonds. The fraction of sp³-hybridized carbons (Fsp3) is 0.909. The molecule has 3 rings (SSSR count). The Labute approximate surface area is 83.8 Å². The average molecular weight is 196 g/mol. The van der Waals surface area contributed by atoms with Gasteiger partial charge in [-0.1, -0.05) is 6.92 Å². The van der Waals surface area contributed by atoms with Crippen LogP contribution in [0, 0.1) is 11.3 Å². The van der Waals surface area contributed by atoms with Gasteiger partial charge in [-0.25, -0.2) is 0 Å². The first-order chi connectivity index (χ1) is 6.73. The zero-order valence-corrected chi connectivity index (χ0v) is 8.49. The number of fused-ring (bicyclic) bond motifs is 4. The summed E-state index contributed by atoms with van der Waals surface area (Å²) in [6, 6.07) is 0. The van der Waals surface area contributed by atoms with Crippen molar-refractivity contribution in [3.05, 3.63) is 0 Å². The molecule has 0 aromatic rings. The van der Waals surface area contributed by atoms with Gasteiger partial charge in [0.05, 0.1) is 31.3 Å². The second-order valence-corrected chi connectivity index (χ2v) is 4.93. The molecular formula is C11H16O3. The summed E-state index contributed by atoms with van der Waals surface area (Å²) in [4.78, 5) is 11.8. The zero-order valence-electron chi connectivity index (χ0n) is 8.49. The molecule has 4 atom stereocenters. The smallest absolute Gasteiger partial charge is 0.139 e. The number of ketones is 1. The summed E-state index contributed by atoms with van der Waals surface area (Å²) in [5.74, 6) is 0.520. The molecule has 1 saturated heterocycles. The van der Waals surface area contributed by atoms with E-state index in [-0.39, 0.29) is 23.5 Å². The van der Waals surface area contributed by atoms with Crippen LogP contribution in [-0.2, 0) is 14.3 Å². The highest BCUT2D eigenvalue weighted by Gasteiger charge is 2.65. The number of Topliss-reactive ketones (excluding diaryl/α,β-unsaturated/α-hetero) is 1. The van der Waals surface area contributed by atoms with E-state index in [9.17, 15) is 4.79 Å². The van der Waals surface area contributed by atoms with Crippen LogP contribution in [0.3, 0.4) is 0 Å². The van der Waals surface area contributed by atoms with Crippen LogP contribution in [0.5, 0.6) is 0 Å². The van der Waals surface area contributed by atoms with Crippen molar-refractivity contribution in [1.82, 2.24) is 0 Å². The van der Waals surface area contributed by atoms with Crippen molar-refractivity contribution in [2.45, 2.75) is 38.4 Å². The number of rotatable bonds is 0. The van der Waals surface area contributed by atoms with E-state index in [4.69, 9.17) is 9.47 Å². The lowest BCUT2D eigenvalue weighted by molar-refractivity contribution is -0.285. The minimum atomic E-state index is 0.0709. The van der Waals surface area contributed by atoms with Crippen LogP contribution in [0.25, 0.3) is 0 Å². The molecule has 2 saturated carbocycles. The maximum Gasteiger partial charge on any atom is 0.139 e. The van der Waals surface area contributed by atoms with E-state index in [2.05, 4.69) is 6.92 Å². The molecule has 0 aromatic heterocycles. The predicted molar refractivity (Wildman–Crippen MR) is 49.9 cm³/mol. The number of carbonyl (C=O) groups excluding carboxylic acids is 1. The number of carbonyl (C=O) groups is 1. The van der Waals surface area contributed by atoms with E-state index in [1.807, 2.05) is 0 Å². The number of hydrogen-bond acceptors (Lipinski definition) is 3. The van der Waals surface area contributed by atoms with Crippen LogP contribution in [0.4, 0.5) is 0 Å². The molecule has 2 aliphatic carbocycles. The van der Waals surface area contributed by atoms with Gasteiger partial charge in [0.15, 0.2) is 0 Å². The van der Waals surface area contributed by atoms with E-state index in [1.165, 1.54) is 0 Å². The molecule has 1 aliphatic heterocycles. The highest BCUT2D eigenvalue weighted by atomic mass is 16.6. The fourth-order valence-corrected chi connectivity index (χ4v) is 3.46. The van der Waals surface area contributed by atoms with Crippen LogP contribution < -0.4 is 0 Å². The van der Waals surface area contributed by atoms with Crippen molar-refractivity contribution in [2.24, 2.45) is 11.3 Å². The van der Waals surface area contributed by atoms with Gasteiger partial charge in [0.2, 0.25) is 0 Å². The van der Waals surface area contributed by atoms with E-state index in [1.54, 1.807) is 0 Å². The minimum absolute atomic E-state index is 0.0709. The molecule has 3 nitrogen and oxygen atoms in total. The maximum atomic E-state index is 11.8. The topological polar surface area (TPSA) is 35.5 Å². The van der Waals surface area contributed by atoms with E-state index < -0.39 is 0 Å². The van der Waals surface area contributed by atoms with Gasteiger partial charge in [0.1, 0.15) is 5.78 Å². The van der Waals surface area contributed by atoms with Crippen LogP contribution in [0.2, 0.25) is 0 Å². The van der Waals surface area contributed by atoms with Gasteiger partial charge in [-0.15, -0.1) is 0 Å². The Bertz CT molecular complexity index is 276. The zero-order chi connectivity index (χ0) is 9.76. The Morgan fingerprint density at radius 2 is 2.14 bits per heavy atom. The maximum absolute atomic E-state index is 11.8. The first kappa shape index (κ1) is 8.86. The largest absolute Gasteiger partial charge is 0.373 e. The third kappa shape index (κ3) is 0.920. The van der Waals surface area contributed by atoms with Crippen molar-refractivity contribution in [3.63, 3.8) is 0 Å².